The molecule has 3 unspecified atom stereocenters. The average molecular weight is 253 g/mol. The van der Waals surface area contributed by atoms with E-state index in [-0.39, 0.29) is 0 Å². The van der Waals surface area contributed by atoms with E-state index < -0.39 is 0 Å². The number of likely N-dealkylation sites (tertiary alicyclic amines) is 1. The molecular weight excluding hydrogens is 222 g/mol. The van der Waals surface area contributed by atoms with Crippen molar-refractivity contribution in [1.82, 2.24) is 9.80 Å². The van der Waals surface area contributed by atoms with Crippen LogP contribution in [-0.2, 0) is 0 Å². The van der Waals surface area contributed by atoms with Gasteiger partial charge in [-0.1, -0.05) is 13.8 Å². The lowest BCUT2D eigenvalue weighted by molar-refractivity contribution is 0.167. The quantitative estimate of drug-likeness (QED) is 0.829. The summed E-state index contributed by atoms with van der Waals surface area (Å²) in [5.41, 5.74) is 6.79. The fourth-order valence-corrected chi connectivity index (χ4v) is 3.81. The number of hydrogen-bond acceptors (Lipinski definition) is 3. The van der Waals surface area contributed by atoms with Crippen LogP contribution in [-0.4, -0.2) is 55.6 Å². The minimum atomic E-state index is 0.349. The number of rotatable bonds is 4. The SMILES string of the molecule is CN(C)CC1CCCN1CC1CCC(C)(C)C1N. The molecular formula is C15H31N3. The van der Waals surface area contributed by atoms with Crippen molar-refractivity contribution in [3.8, 4) is 0 Å². The molecule has 0 bridgehead atoms. The van der Waals surface area contributed by atoms with Gasteiger partial charge < -0.3 is 10.6 Å². The first-order valence-electron chi connectivity index (χ1n) is 7.54. The lowest BCUT2D eigenvalue weighted by atomic mass is 9.85. The molecule has 0 radical (unpaired) electrons. The van der Waals surface area contributed by atoms with Crippen LogP contribution < -0.4 is 5.73 Å². The molecule has 2 fully saturated rings. The van der Waals surface area contributed by atoms with Gasteiger partial charge in [0.15, 0.2) is 0 Å². The lowest BCUT2D eigenvalue weighted by Gasteiger charge is -2.33. The predicted octanol–water partition coefficient (Wildman–Crippen LogP) is 1.78. The van der Waals surface area contributed by atoms with E-state index in [1.54, 1.807) is 0 Å². The molecule has 1 aliphatic heterocycles. The van der Waals surface area contributed by atoms with Gasteiger partial charge in [0.1, 0.15) is 0 Å². The van der Waals surface area contributed by atoms with E-state index in [0.29, 0.717) is 17.4 Å². The van der Waals surface area contributed by atoms with Crippen molar-refractivity contribution in [2.75, 3.05) is 33.7 Å². The molecule has 2 aliphatic rings. The Morgan fingerprint density at radius 1 is 1.28 bits per heavy atom. The van der Waals surface area contributed by atoms with Crippen LogP contribution in [0, 0.1) is 11.3 Å². The topological polar surface area (TPSA) is 32.5 Å². The summed E-state index contributed by atoms with van der Waals surface area (Å²) in [4.78, 5) is 5.02. The second kappa shape index (κ2) is 5.48. The minimum Gasteiger partial charge on any atom is -0.327 e. The molecule has 3 nitrogen and oxygen atoms in total. The van der Waals surface area contributed by atoms with Gasteiger partial charge >= 0.3 is 0 Å². The Morgan fingerprint density at radius 2 is 2.00 bits per heavy atom. The van der Waals surface area contributed by atoms with E-state index >= 15 is 0 Å². The Kier molecular flexibility index (Phi) is 4.35. The van der Waals surface area contributed by atoms with Crippen LogP contribution in [0.3, 0.4) is 0 Å². The van der Waals surface area contributed by atoms with Crippen LogP contribution >= 0.6 is 0 Å². The highest BCUT2D eigenvalue weighted by Gasteiger charge is 2.41. The van der Waals surface area contributed by atoms with Crippen molar-refractivity contribution in [3.63, 3.8) is 0 Å². The molecule has 3 heteroatoms. The Hall–Kier alpha value is -0.120. The molecule has 106 valence electrons. The Labute approximate surface area is 113 Å². The number of nitrogens with zero attached hydrogens (tertiary/aromatic N) is 2. The van der Waals surface area contributed by atoms with Crippen LogP contribution in [0.1, 0.15) is 39.5 Å². The Balaban J connectivity index is 1.89. The van der Waals surface area contributed by atoms with E-state index in [9.17, 15) is 0 Å². The zero-order chi connectivity index (χ0) is 13.3. The van der Waals surface area contributed by atoms with E-state index in [2.05, 4.69) is 37.7 Å². The monoisotopic (exact) mass is 253 g/mol. The standard InChI is InChI=1S/C15H31N3/c1-15(2)8-7-12(14(15)16)10-18-9-5-6-13(18)11-17(3)4/h12-14H,5-11,16H2,1-4H3. The second-order valence-corrected chi connectivity index (χ2v) is 7.37. The number of likely N-dealkylation sites (N-methyl/N-ethyl adjacent to an activating group) is 1. The molecule has 0 amide bonds. The number of nitrogens with two attached hydrogens (primary N) is 1. The van der Waals surface area contributed by atoms with E-state index in [0.717, 1.165) is 6.04 Å². The fourth-order valence-electron chi connectivity index (χ4n) is 3.81. The summed E-state index contributed by atoms with van der Waals surface area (Å²) in [5, 5.41) is 0. The summed E-state index contributed by atoms with van der Waals surface area (Å²) in [7, 11) is 4.36. The highest BCUT2D eigenvalue weighted by atomic mass is 15.2. The maximum atomic E-state index is 6.44. The van der Waals surface area contributed by atoms with E-state index in [4.69, 9.17) is 5.73 Å². The maximum Gasteiger partial charge on any atom is 0.0223 e. The molecule has 1 saturated carbocycles. The summed E-state index contributed by atoms with van der Waals surface area (Å²) in [5.74, 6) is 0.711. The van der Waals surface area contributed by atoms with Crippen molar-refractivity contribution in [1.29, 1.82) is 0 Å². The van der Waals surface area contributed by atoms with Crippen molar-refractivity contribution >= 4 is 0 Å². The van der Waals surface area contributed by atoms with Crippen molar-refractivity contribution in [3.05, 3.63) is 0 Å². The van der Waals surface area contributed by atoms with Gasteiger partial charge in [-0.3, -0.25) is 4.90 Å². The van der Waals surface area contributed by atoms with E-state index in [1.165, 1.54) is 45.3 Å². The predicted molar refractivity (Wildman–Crippen MR) is 77.6 cm³/mol. The smallest absolute Gasteiger partial charge is 0.0223 e. The maximum absolute atomic E-state index is 6.44. The summed E-state index contributed by atoms with van der Waals surface area (Å²) < 4.78 is 0. The van der Waals surface area contributed by atoms with Crippen LogP contribution in [0.15, 0.2) is 0 Å². The second-order valence-electron chi connectivity index (χ2n) is 7.37. The van der Waals surface area contributed by atoms with Gasteiger partial charge in [-0.2, -0.15) is 0 Å². The molecule has 0 aromatic carbocycles. The molecule has 3 atom stereocenters. The molecule has 1 saturated heterocycles. The first-order chi connectivity index (χ1) is 8.40. The molecule has 0 spiro atoms. The van der Waals surface area contributed by atoms with Gasteiger partial charge in [-0.25, -0.2) is 0 Å². The zero-order valence-corrected chi connectivity index (χ0v) is 12.7. The highest BCUT2D eigenvalue weighted by Crippen LogP contribution is 2.40. The largest absolute Gasteiger partial charge is 0.327 e. The average Bonchev–Trinajstić information content (AvgIpc) is 2.78. The third kappa shape index (κ3) is 3.06. The van der Waals surface area contributed by atoms with Crippen LogP contribution in [0.4, 0.5) is 0 Å². The molecule has 1 aliphatic carbocycles. The summed E-state index contributed by atoms with van der Waals surface area (Å²) in [6, 6.07) is 1.15. The normalized spacial score (nSPS) is 36.7. The van der Waals surface area contributed by atoms with Crippen LogP contribution in [0.25, 0.3) is 0 Å². The summed E-state index contributed by atoms with van der Waals surface area (Å²) >= 11 is 0. The number of hydrogen-bond donors (Lipinski definition) is 1. The van der Waals surface area contributed by atoms with Gasteiger partial charge in [0.2, 0.25) is 0 Å². The summed E-state index contributed by atoms with van der Waals surface area (Å²) in [6.07, 6.45) is 5.35. The molecule has 2 N–H and O–H groups in total. The fraction of sp³-hybridized carbons (Fsp3) is 1.00. The first kappa shape index (κ1) is 14.3. The first-order valence-corrected chi connectivity index (χ1v) is 7.54. The Bertz CT molecular complexity index is 275. The highest BCUT2D eigenvalue weighted by molar-refractivity contribution is 4.96. The molecule has 1 heterocycles. The van der Waals surface area contributed by atoms with Gasteiger partial charge in [-0.15, -0.1) is 0 Å². The van der Waals surface area contributed by atoms with Crippen LogP contribution in [0.5, 0.6) is 0 Å². The van der Waals surface area contributed by atoms with E-state index in [1.807, 2.05) is 0 Å². The molecule has 2 rings (SSSR count). The van der Waals surface area contributed by atoms with Crippen molar-refractivity contribution < 1.29 is 0 Å². The third-order valence-electron chi connectivity index (χ3n) is 5.11. The van der Waals surface area contributed by atoms with Gasteiger partial charge in [0.25, 0.3) is 0 Å². The lowest BCUT2D eigenvalue weighted by Crippen LogP contribution is -2.45. The van der Waals surface area contributed by atoms with Gasteiger partial charge in [0.05, 0.1) is 0 Å². The molecule has 0 aromatic heterocycles. The van der Waals surface area contributed by atoms with Crippen molar-refractivity contribution in [2.45, 2.75) is 51.6 Å². The minimum absolute atomic E-state index is 0.349. The van der Waals surface area contributed by atoms with Crippen LogP contribution in [0.2, 0.25) is 0 Å². The Morgan fingerprint density at radius 3 is 2.56 bits per heavy atom. The summed E-state index contributed by atoms with van der Waals surface area (Å²) in [6.45, 7) is 8.37. The van der Waals surface area contributed by atoms with Crippen molar-refractivity contribution in [2.24, 2.45) is 17.1 Å². The van der Waals surface area contributed by atoms with Gasteiger partial charge in [0, 0.05) is 25.2 Å². The molecule has 0 aromatic rings. The zero-order valence-electron chi connectivity index (χ0n) is 12.7. The molecule has 18 heavy (non-hydrogen) atoms. The third-order valence-corrected chi connectivity index (χ3v) is 5.11. The van der Waals surface area contributed by atoms with Gasteiger partial charge in [-0.05, 0) is 57.7 Å².